The fraction of sp³-hybridized carbons (Fsp3) is 0.231. The van der Waals surface area contributed by atoms with Crippen molar-refractivity contribution in [2.24, 2.45) is 0 Å². The molecule has 1 N–H and O–H groups in total. The standard InChI is InChI=1S/C13H14ClN3/c1-9-3-4-10(14)7-11(9)13(15-2)12-8-16-5-6-17-12/h3-8,13,15H,1-2H3. The van der Waals surface area contributed by atoms with Gasteiger partial charge in [0.15, 0.2) is 0 Å². The molecule has 88 valence electrons. The quantitative estimate of drug-likeness (QED) is 0.906. The molecule has 2 rings (SSSR count). The van der Waals surface area contributed by atoms with E-state index < -0.39 is 0 Å². The monoisotopic (exact) mass is 247 g/mol. The third kappa shape index (κ3) is 2.62. The lowest BCUT2D eigenvalue weighted by atomic mass is 9.99. The van der Waals surface area contributed by atoms with Crippen LogP contribution in [0.15, 0.2) is 36.8 Å². The fourth-order valence-electron chi connectivity index (χ4n) is 1.84. The van der Waals surface area contributed by atoms with Crippen molar-refractivity contribution in [2.75, 3.05) is 7.05 Å². The van der Waals surface area contributed by atoms with Crippen LogP contribution in [-0.4, -0.2) is 17.0 Å². The molecular formula is C13H14ClN3. The van der Waals surface area contributed by atoms with Crippen molar-refractivity contribution in [3.05, 3.63) is 58.6 Å². The van der Waals surface area contributed by atoms with Crippen LogP contribution in [0.2, 0.25) is 5.02 Å². The summed E-state index contributed by atoms with van der Waals surface area (Å²) in [6.07, 6.45) is 5.13. The Morgan fingerprint density at radius 3 is 2.76 bits per heavy atom. The number of benzene rings is 1. The normalized spacial score (nSPS) is 12.4. The number of aromatic nitrogens is 2. The first-order valence-electron chi connectivity index (χ1n) is 5.41. The van der Waals surface area contributed by atoms with Gasteiger partial charge in [-0.15, -0.1) is 0 Å². The predicted molar refractivity (Wildman–Crippen MR) is 69.1 cm³/mol. The van der Waals surface area contributed by atoms with Crippen LogP contribution in [0.4, 0.5) is 0 Å². The molecule has 0 aliphatic heterocycles. The molecule has 0 saturated heterocycles. The van der Waals surface area contributed by atoms with E-state index in [2.05, 4.69) is 22.2 Å². The average Bonchev–Trinajstić information content (AvgIpc) is 2.36. The number of nitrogens with one attached hydrogen (secondary N) is 1. The molecule has 0 fully saturated rings. The Morgan fingerprint density at radius 2 is 2.12 bits per heavy atom. The summed E-state index contributed by atoms with van der Waals surface area (Å²) in [4.78, 5) is 8.42. The van der Waals surface area contributed by atoms with Crippen LogP contribution in [0.1, 0.15) is 22.9 Å². The van der Waals surface area contributed by atoms with Crippen LogP contribution in [0.25, 0.3) is 0 Å². The van der Waals surface area contributed by atoms with Crippen molar-refractivity contribution in [1.29, 1.82) is 0 Å². The van der Waals surface area contributed by atoms with Crippen LogP contribution in [0.5, 0.6) is 0 Å². The second-order valence-corrected chi connectivity index (χ2v) is 4.29. The van der Waals surface area contributed by atoms with Crippen molar-refractivity contribution >= 4 is 11.6 Å². The van der Waals surface area contributed by atoms with E-state index in [1.807, 2.05) is 25.2 Å². The summed E-state index contributed by atoms with van der Waals surface area (Å²) in [5.74, 6) is 0. The third-order valence-electron chi connectivity index (χ3n) is 2.72. The van der Waals surface area contributed by atoms with Gasteiger partial charge in [-0.05, 0) is 37.2 Å². The van der Waals surface area contributed by atoms with Gasteiger partial charge in [0.2, 0.25) is 0 Å². The highest BCUT2D eigenvalue weighted by molar-refractivity contribution is 6.30. The van der Waals surface area contributed by atoms with Gasteiger partial charge in [0, 0.05) is 17.4 Å². The van der Waals surface area contributed by atoms with E-state index in [-0.39, 0.29) is 6.04 Å². The third-order valence-corrected chi connectivity index (χ3v) is 2.95. The summed E-state index contributed by atoms with van der Waals surface area (Å²) in [5, 5.41) is 3.97. The lowest BCUT2D eigenvalue weighted by Gasteiger charge is -2.18. The maximum atomic E-state index is 6.04. The second kappa shape index (κ2) is 5.25. The van der Waals surface area contributed by atoms with Crippen LogP contribution in [0.3, 0.4) is 0 Å². The summed E-state index contributed by atoms with van der Waals surface area (Å²) in [6, 6.07) is 5.89. The molecule has 1 aromatic carbocycles. The number of aryl methyl sites for hydroxylation is 1. The number of nitrogens with zero attached hydrogens (tertiary/aromatic N) is 2. The molecule has 1 unspecified atom stereocenters. The zero-order chi connectivity index (χ0) is 12.3. The summed E-state index contributed by atoms with van der Waals surface area (Å²) in [5.41, 5.74) is 3.19. The Morgan fingerprint density at radius 1 is 1.29 bits per heavy atom. The molecule has 0 amide bonds. The first kappa shape index (κ1) is 12.0. The first-order valence-corrected chi connectivity index (χ1v) is 5.79. The predicted octanol–water partition coefficient (Wildman–Crippen LogP) is 2.75. The van der Waals surface area contributed by atoms with Gasteiger partial charge in [-0.25, -0.2) is 0 Å². The summed E-state index contributed by atoms with van der Waals surface area (Å²) in [6.45, 7) is 2.06. The minimum atomic E-state index is 0.0161. The van der Waals surface area contributed by atoms with Gasteiger partial charge in [-0.3, -0.25) is 9.97 Å². The van der Waals surface area contributed by atoms with Crippen molar-refractivity contribution in [3.8, 4) is 0 Å². The van der Waals surface area contributed by atoms with Crippen molar-refractivity contribution in [3.63, 3.8) is 0 Å². The van der Waals surface area contributed by atoms with E-state index in [0.717, 1.165) is 16.3 Å². The smallest absolute Gasteiger partial charge is 0.0801 e. The van der Waals surface area contributed by atoms with E-state index in [1.54, 1.807) is 18.6 Å². The highest BCUT2D eigenvalue weighted by Gasteiger charge is 2.15. The van der Waals surface area contributed by atoms with E-state index in [0.29, 0.717) is 0 Å². The largest absolute Gasteiger partial charge is 0.308 e. The summed E-state index contributed by atoms with van der Waals surface area (Å²) >= 11 is 6.04. The number of hydrogen-bond acceptors (Lipinski definition) is 3. The second-order valence-electron chi connectivity index (χ2n) is 3.85. The number of halogens is 1. The van der Waals surface area contributed by atoms with Crippen LogP contribution in [0, 0.1) is 6.92 Å². The SMILES string of the molecule is CNC(c1cnccn1)c1cc(Cl)ccc1C. The molecule has 1 heterocycles. The van der Waals surface area contributed by atoms with Crippen molar-refractivity contribution in [2.45, 2.75) is 13.0 Å². The molecular weight excluding hydrogens is 234 g/mol. The molecule has 0 saturated carbocycles. The highest BCUT2D eigenvalue weighted by atomic mass is 35.5. The molecule has 0 bridgehead atoms. The Balaban J connectivity index is 2.46. The van der Waals surface area contributed by atoms with E-state index in [9.17, 15) is 0 Å². The summed E-state index contributed by atoms with van der Waals surface area (Å²) in [7, 11) is 1.90. The maximum Gasteiger partial charge on any atom is 0.0801 e. The van der Waals surface area contributed by atoms with Crippen molar-refractivity contribution < 1.29 is 0 Å². The van der Waals surface area contributed by atoms with Gasteiger partial charge >= 0.3 is 0 Å². The van der Waals surface area contributed by atoms with Crippen LogP contribution in [-0.2, 0) is 0 Å². The van der Waals surface area contributed by atoms with E-state index in [1.165, 1.54) is 5.56 Å². The van der Waals surface area contributed by atoms with Gasteiger partial charge in [0.05, 0.1) is 17.9 Å². The molecule has 17 heavy (non-hydrogen) atoms. The Labute approximate surface area is 106 Å². The molecule has 0 spiro atoms. The Kier molecular flexibility index (Phi) is 3.71. The molecule has 0 aliphatic rings. The average molecular weight is 248 g/mol. The zero-order valence-electron chi connectivity index (χ0n) is 9.81. The van der Waals surface area contributed by atoms with Crippen molar-refractivity contribution in [1.82, 2.24) is 15.3 Å². The lowest BCUT2D eigenvalue weighted by molar-refractivity contribution is 0.663. The molecule has 2 aromatic rings. The minimum absolute atomic E-state index is 0.0161. The minimum Gasteiger partial charge on any atom is -0.308 e. The Bertz CT molecular complexity index is 499. The molecule has 4 heteroatoms. The molecule has 1 aromatic heterocycles. The van der Waals surface area contributed by atoms with Gasteiger partial charge in [-0.2, -0.15) is 0 Å². The van der Waals surface area contributed by atoms with Gasteiger partial charge in [0.25, 0.3) is 0 Å². The summed E-state index contributed by atoms with van der Waals surface area (Å²) < 4.78 is 0. The highest BCUT2D eigenvalue weighted by Crippen LogP contribution is 2.25. The molecule has 0 aliphatic carbocycles. The number of hydrogen-bond donors (Lipinski definition) is 1. The topological polar surface area (TPSA) is 37.8 Å². The zero-order valence-corrected chi connectivity index (χ0v) is 10.6. The molecule has 1 atom stereocenters. The van der Waals surface area contributed by atoms with Crippen LogP contribution < -0.4 is 5.32 Å². The first-order chi connectivity index (χ1) is 8.22. The lowest BCUT2D eigenvalue weighted by Crippen LogP contribution is -2.20. The van der Waals surface area contributed by atoms with E-state index in [4.69, 9.17) is 11.6 Å². The fourth-order valence-corrected chi connectivity index (χ4v) is 2.03. The molecule has 0 radical (unpaired) electrons. The number of rotatable bonds is 3. The Hall–Kier alpha value is -1.45. The van der Waals surface area contributed by atoms with Crippen LogP contribution >= 0.6 is 11.6 Å². The maximum absolute atomic E-state index is 6.04. The molecule has 3 nitrogen and oxygen atoms in total. The van der Waals surface area contributed by atoms with Gasteiger partial charge in [-0.1, -0.05) is 17.7 Å². The van der Waals surface area contributed by atoms with Gasteiger partial charge in [0.1, 0.15) is 0 Å². The van der Waals surface area contributed by atoms with E-state index >= 15 is 0 Å². The van der Waals surface area contributed by atoms with Gasteiger partial charge < -0.3 is 5.32 Å².